The Bertz CT molecular complexity index is 588. The van der Waals surface area contributed by atoms with Crippen LogP contribution in [0, 0.1) is 5.92 Å². The molecule has 5 heteroatoms. The second-order valence-electron chi connectivity index (χ2n) is 7.23. The van der Waals surface area contributed by atoms with E-state index in [1.54, 1.807) is 19.0 Å². The molecule has 1 saturated carbocycles. The Labute approximate surface area is 144 Å². The summed E-state index contributed by atoms with van der Waals surface area (Å²) in [6, 6.07) is 10.3. The summed E-state index contributed by atoms with van der Waals surface area (Å²) in [5, 5.41) is 3.33. The van der Waals surface area contributed by atoms with Crippen molar-refractivity contribution < 1.29 is 9.59 Å². The maximum Gasteiger partial charge on any atom is 0.319 e. The molecule has 5 nitrogen and oxygen atoms in total. The number of hydrogen-bond acceptors (Lipinski definition) is 2. The summed E-state index contributed by atoms with van der Waals surface area (Å²) in [5.74, 6) is 0.160. The number of amides is 3. The van der Waals surface area contributed by atoms with E-state index in [1.807, 2.05) is 23.1 Å². The van der Waals surface area contributed by atoms with Gasteiger partial charge in [0, 0.05) is 33.1 Å². The van der Waals surface area contributed by atoms with Crippen LogP contribution in [0.15, 0.2) is 30.3 Å². The Balaban J connectivity index is 1.59. The normalized spacial score (nSPS) is 20.2. The largest absolute Gasteiger partial charge is 0.346 e. The van der Waals surface area contributed by atoms with Crippen LogP contribution in [-0.2, 0) is 10.3 Å². The highest BCUT2D eigenvalue weighted by molar-refractivity contribution is 5.80. The van der Waals surface area contributed by atoms with Gasteiger partial charge in [-0.15, -0.1) is 0 Å². The highest BCUT2D eigenvalue weighted by Crippen LogP contribution is 2.41. The van der Waals surface area contributed by atoms with Gasteiger partial charge in [0.05, 0.1) is 5.54 Å². The van der Waals surface area contributed by atoms with Gasteiger partial charge in [-0.1, -0.05) is 30.3 Å². The lowest BCUT2D eigenvalue weighted by Crippen LogP contribution is -2.54. The molecular weight excluding hydrogens is 302 g/mol. The first-order valence-electron chi connectivity index (χ1n) is 8.86. The molecule has 1 aromatic carbocycles. The molecule has 1 aliphatic carbocycles. The van der Waals surface area contributed by atoms with Crippen molar-refractivity contribution in [3.8, 4) is 0 Å². The highest BCUT2D eigenvalue weighted by Gasteiger charge is 2.41. The minimum Gasteiger partial charge on any atom is -0.346 e. The van der Waals surface area contributed by atoms with Crippen LogP contribution in [0.25, 0.3) is 0 Å². The van der Waals surface area contributed by atoms with Crippen LogP contribution >= 0.6 is 0 Å². The van der Waals surface area contributed by atoms with Gasteiger partial charge in [-0.25, -0.2) is 4.79 Å². The lowest BCUT2D eigenvalue weighted by molar-refractivity contribution is -0.129. The fourth-order valence-electron chi connectivity index (χ4n) is 3.73. The van der Waals surface area contributed by atoms with Crippen molar-refractivity contribution >= 4 is 11.9 Å². The molecule has 0 aromatic heterocycles. The standard InChI is InChI=1S/C19H27N3O2/c1-21(2)18(24)22-13-9-15(10-14-22)17(23)20-19(11-6-12-19)16-7-4-3-5-8-16/h3-5,7-8,15H,6,9-14H2,1-2H3,(H,20,23). The number of carbonyl (C=O) groups excluding carboxylic acids is 2. The summed E-state index contributed by atoms with van der Waals surface area (Å²) >= 11 is 0. The molecule has 0 unspecified atom stereocenters. The molecule has 0 radical (unpaired) electrons. The zero-order valence-corrected chi connectivity index (χ0v) is 14.6. The maximum atomic E-state index is 12.8. The monoisotopic (exact) mass is 329 g/mol. The maximum absolute atomic E-state index is 12.8. The smallest absolute Gasteiger partial charge is 0.319 e. The first-order valence-corrected chi connectivity index (χ1v) is 8.86. The number of likely N-dealkylation sites (tertiary alicyclic amines) is 1. The van der Waals surface area contributed by atoms with Gasteiger partial charge in [0.1, 0.15) is 0 Å². The Morgan fingerprint density at radius 1 is 1.12 bits per heavy atom. The van der Waals surface area contributed by atoms with Crippen molar-refractivity contribution in [1.82, 2.24) is 15.1 Å². The minimum absolute atomic E-state index is 0.0115. The Morgan fingerprint density at radius 3 is 2.25 bits per heavy atom. The third-order valence-corrected chi connectivity index (χ3v) is 5.41. The number of nitrogens with zero attached hydrogens (tertiary/aromatic N) is 2. The summed E-state index contributed by atoms with van der Waals surface area (Å²) in [6.07, 6.45) is 4.68. The van der Waals surface area contributed by atoms with Gasteiger partial charge >= 0.3 is 6.03 Å². The minimum atomic E-state index is -0.172. The fourth-order valence-corrected chi connectivity index (χ4v) is 3.73. The zero-order valence-electron chi connectivity index (χ0n) is 14.6. The Kier molecular flexibility index (Phi) is 4.78. The molecule has 1 saturated heterocycles. The topological polar surface area (TPSA) is 52.7 Å². The van der Waals surface area contributed by atoms with E-state index in [0.29, 0.717) is 13.1 Å². The van der Waals surface area contributed by atoms with Crippen LogP contribution in [-0.4, -0.2) is 48.9 Å². The average Bonchev–Trinajstić information content (AvgIpc) is 2.58. The quantitative estimate of drug-likeness (QED) is 0.927. The van der Waals surface area contributed by atoms with Gasteiger partial charge in [0.15, 0.2) is 0 Å². The SMILES string of the molecule is CN(C)C(=O)N1CCC(C(=O)NC2(c3ccccc3)CCC2)CC1. The van der Waals surface area contributed by atoms with E-state index in [1.165, 1.54) is 5.56 Å². The van der Waals surface area contributed by atoms with Gasteiger partial charge in [-0.05, 0) is 37.7 Å². The van der Waals surface area contributed by atoms with Gasteiger partial charge in [-0.3, -0.25) is 4.79 Å². The number of carbonyl (C=O) groups is 2. The third kappa shape index (κ3) is 3.25. The van der Waals surface area contributed by atoms with Crippen LogP contribution in [0.4, 0.5) is 4.79 Å². The van der Waals surface area contributed by atoms with E-state index in [9.17, 15) is 9.59 Å². The molecule has 1 heterocycles. The summed E-state index contributed by atoms with van der Waals surface area (Å²) in [7, 11) is 3.53. The van der Waals surface area contributed by atoms with E-state index in [-0.39, 0.29) is 23.4 Å². The predicted molar refractivity (Wildman–Crippen MR) is 93.5 cm³/mol. The van der Waals surface area contributed by atoms with Crippen molar-refractivity contribution in [2.24, 2.45) is 5.92 Å². The lowest BCUT2D eigenvalue weighted by atomic mass is 9.71. The summed E-state index contributed by atoms with van der Waals surface area (Å²) < 4.78 is 0. The molecule has 3 rings (SSSR count). The van der Waals surface area contributed by atoms with E-state index in [4.69, 9.17) is 0 Å². The molecule has 3 amide bonds. The molecule has 1 N–H and O–H groups in total. The van der Waals surface area contributed by atoms with Crippen LogP contribution in [0.2, 0.25) is 0 Å². The van der Waals surface area contributed by atoms with E-state index in [2.05, 4.69) is 17.4 Å². The number of hydrogen-bond donors (Lipinski definition) is 1. The number of nitrogens with one attached hydrogen (secondary N) is 1. The molecule has 0 spiro atoms. The molecular formula is C19H27N3O2. The fraction of sp³-hybridized carbons (Fsp3) is 0.579. The van der Waals surface area contributed by atoms with Crippen molar-refractivity contribution in [3.63, 3.8) is 0 Å². The number of piperidine rings is 1. The molecule has 130 valence electrons. The summed E-state index contributed by atoms with van der Waals surface area (Å²) in [4.78, 5) is 28.2. The van der Waals surface area contributed by atoms with E-state index < -0.39 is 0 Å². The summed E-state index contributed by atoms with van der Waals surface area (Å²) in [5.41, 5.74) is 1.04. The molecule has 1 aliphatic heterocycles. The first-order chi connectivity index (χ1) is 11.5. The number of benzene rings is 1. The molecule has 2 fully saturated rings. The number of rotatable bonds is 3. The summed E-state index contributed by atoms with van der Waals surface area (Å²) in [6.45, 7) is 1.32. The van der Waals surface area contributed by atoms with Gasteiger partial charge < -0.3 is 15.1 Å². The van der Waals surface area contributed by atoms with Crippen molar-refractivity contribution in [2.75, 3.05) is 27.2 Å². The lowest BCUT2D eigenvalue weighted by Gasteiger charge is -2.44. The first kappa shape index (κ1) is 16.8. The molecule has 2 aliphatic rings. The van der Waals surface area contributed by atoms with Gasteiger partial charge in [0.2, 0.25) is 5.91 Å². The van der Waals surface area contributed by atoms with E-state index >= 15 is 0 Å². The predicted octanol–water partition coefficient (Wildman–Crippen LogP) is 2.58. The van der Waals surface area contributed by atoms with Crippen molar-refractivity contribution in [1.29, 1.82) is 0 Å². The molecule has 1 aromatic rings. The van der Waals surface area contributed by atoms with Crippen LogP contribution in [0.5, 0.6) is 0 Å². The molecule has 0 atom stereocenters. The number of urea groups is 1. The van der Waals surface area contributed by atoms with Crippen LogP contribution in [0.3, 0.4) is 0 Å². The second-order valence-corrected chi connectivity index (χ2v) is 7.23. The molecule has 24 heavy (non-hydrogen) atoms. The Morgan fingerprint density at radius 2 is 1.75 bits per heavy atom. The Hall–Kier alpha value is -2.04. The van der Waals surface area contributed by atoms with Gasteiger partial charge in [-0.2, -0.15) is 0 Å². The van der Waals surface area contributed by atoms with Crippen LogP contribution in [0.1, 0.15) is 37.7 Å². The van der Waals surface area contributed by atoms with Gasteiger partial charge in [0.25, 0.3) is 0 Å². The second kappa shape index (κ2) is 6.83. The molecule has 0 bridgehead atoms. The average molecular weight is 329 g/mol. The third-order valence-electron chi connectivity index (χ3n) is 5.41. The zero-order chi connectivity index (χ0) is 17.2. The van der Waals surface area contributed by atoms with Crippen molar-refractivity contribution in [2.45, 2.75) is 37.6 Å². The highest BCUT2D eigenvalue weighted by atomic mass is 16.2. The van der Waals surface area contributed by atoms with Crippen molar-refractivity contribution in [3.05, 3.63) is 35.9 Å². The van der Waals surface area contributed by atoms with E-state index in [0.717, 1.165) is 32.1 Å². The van der Waals surface area contributed by atoms with Crippen LogP contribution < -0.4 is 5.32 Å².